The van der Waals surface area contributed by atoms with Crippen molar-refractivity contribution in [2.45, 2.75) is 0 Å². The monoisotopic (exact) mass is 490 g/mol. The van der Waals surface area contributed by atoms with E-state index in [1.807, 2.05) is 0 Å². The van der Waals surface area contributed by atoms with Crippen molar-refractivity contribution in [1.82, 2.24) is 10.2 Å². The Bertz CT molecular complexity index is 1170. The lowest BCUT2D eigenvalue weighted by atomic mass is 10.2. The van der Waals surface area contributed by atoms with Crippen LogP contribution in [-0.2, 0) is 4.79 Å². The minimum absolute atomic E-state index is 0.0237. The summed E-state index contributed by atoms with van der Waals surface area (Å²) in [5.41, 5.74) is 0.970. The summed E-state index contributed by atoms with van der Waals surface area (Å²) < 4.78 is 21.0. The van der Waals surface area contributed by atoms with E-state index in [2.05, 4.69) is 5.32 Å². The fraction of sp³-hybridized carbons (Fsp3) is 0.227. The smallest absolute Gasteiger partial charge is 0.293 e. The first kappa shape index (κ1) is 22.8. The first-order chi connectivity index (χ1) is 15.9. The molecular weight excluding hydrogens is 472 g/mol. The average Bonchev–Trinajstić information content (AvgIpc) is 3.37. The largest absolute Gasteiger partial charge is 0.493 e. The Kier molecular flexibility index (Phi) is 6.66. The van der Waals surface area contributed by atoms with E-state index >= 15 is 0 Å². The summed E-state index contributed by atoms with van der Waals surface area (Å²) in [5.74, 6) is 0.997. The summed E-state index contributed by atoms with van der Waals surface area (Å²) in [6, 6.07) is 8.20. The van der Waals surface area contributed by atoms with Crippen LogP contribution in [0, 0.1) is 0 Å². The van der Waals surface area contributed by atoms with Gasteiger partial charge in [0, 0.05) is 18.7 Å². The summed E-state index contributed by atoms with van der Waals surface area (Å²) in [6.45, 7) is 0.243. The molecule has 1 saturated heterocycles. The van der Waals surface area contributed by atoms with Gasteiger partial charge in [-0.05, 0) is 47.7 Å². The summed E-state index contributed by atoms with van der Waals surface area (Å²) in [7, 11) is 2.88. The molecule has 0 radical (unpaired) electrons. The van der Waals surface area contributed by atoms with Crippen molar-refractivity contribution in [2.75, 3.05) is 34.1 Å². The number of methoxy groups -OCH3 is 2. The molecule has 0 saturated carbocycles. The molecule has 2 heterocycles. The fourth-order valence-electron chi connectivity index (χ4n) is 3.28. The number of carbonyl (C=O) groups excluding carboxylic acids is 3. The van der Waals surface area contributed by atoms with E-state index in [0.717, 1.165) is 16.7 Å². The average molecular weight is 491 g/mol. The summed E-state index contributed by atoms with van der Waals surface area (Å²) in [4.78, 5) is 38.9. The lowest BCUT2D eigenvalue weighted by Gasteiger charge is -2.14. The predicted molar refractivity (Wildman–Crippen MR) is 122 cm³/mol. The van der Waals surface area contributed by atoms with Gasteiger partial charge in [-0.2, -0.15) is 0 Å². The number of benzene rings is 2. The van der Waals surface area contributed by atoms with Crippen LogP contribution in [-0.4, -0.2) is 56.1 Å². The molecule has 2 aromatic carbocycles. The molecule has 3 amide bonds. The first-order valence-corrected chi connectivity index (χ1v) is 11.0. The van der Waals surface area contributed by atoms with Crippen LogP contribution >= 0.6 is 23.4 Å². The van der Waals surface area contributed by atoms with Gasteiger partial charge in [0.05, 0.1) is 24.1 Å². The van der Waals surface area contributed by atoms with E-state index in [0.29, 0.717) is 28.6 Å². The molecule has 2 aliphatic heterocycles. The van der Waals surface area contributed by atoms with Crippen LogP contribution in [0.1, 0.15) is 15.9 Å². The van der Waals surface area contributed by atoms with Gasteiger partial charge in [0.2, 0.25) is 6.79 Å². The number of ether oxygens (including phenoxy) is 4. The lowest BCUT2D eigenvalue weighted by molar-refractivity contribution is -0.122. The van der Waals surface area contributed by atoms with Gasteiger partial charge in [-0.15, -0.1) is 0 Å². The van der Waals surface area contributed by atoms with Crippen LogP contribution in [0.5, 0.6) is 23.0 Å². The number of thioether (sulfide) groups is 1. The standard InChI is InChI=1S/C22H19ClN2O7S/c1-29-17-10-13(9-14(23)19(17)30-2)20(26)24-5-6-25-21(27)18(33-22(25)28)8-12-3-4-15-16(7-12)32-11-31-15/h3-4,7-10H,5-6,11H2,1-2H3,(H,24,26)/b18-8-. The van der Waals surface area contributed by atoms with Crippen molar-refractivity contribution in [3.63, 3.8) is 0 Å². The van der Waals surface area contributed by atoms with Crippen molar-refractivity contribution >= 4 is 46.5 Å². The zero-order chi connectivity index (χ0) is 23.5. The van der Waals surface area contributed by atoms with Gasteiger partial charge in [0.25, 0.3) is 17.1 Å². The molecular formula is C22H19ClN2O7S. The Morgan fingerprint density at radius 2 is 1.97 bits per heavy atom. The number of imide groups is 1. The number of amides is 3. The van der Waals surface area contributed by atoms with E-state index in [1.165, 1.54) is 26.4 Å². The summed E-state index contributed by atoms with van der Waals surface area (Å²) in [5, 5.41) is 2.49. The normalized spacial score (nSPS) is 15.8. The molecule has 0 unspecified atom stereocenters. The molecule has 4 rings (SSSR count). The Balaban J connectivity index is 1.38. The lowest BCUT2D eigenvalue weighted by Crippen LogP contribution is -2.37. The van der Waals surface area contributed by atoms with Crippen molar-refractivity contribution in [3.8, 4) is 23.0 Å². The summed E-state index contributed by atoms with van der Waals surface area (Å²) >= 11 is 6.98. The highest BCUT2D eigenvalue weighted by molar-refractivity contribution is 8.18. The molecule has 0 aromatic heterocycles. The van der Waals surface area contributed by atoms with Crippen molar-refractivity contribution in [1.29, 1.82) is 0 Å². The van der Waals surface area contributed by atoms with E-state index < -0.39 is 17.1 Å². The molecule has 1 fully saturated rings. The SMILES string of the molecule is COc1cc(C(=O)NCCN2C(=O)S/C(=C\c3ccc4c(c3)OCO4)C2=O)cc(Cl)c1OC. The van der Waals surface area contributed by atoms with Gasteiger partial charge in [0.15, 0.2) is 23.0 Å². The number of carbonyl (C=O) groups is 3. The number of hydrogen-bond donors (Lipinski definition) is 1. The third-order valence-corrected chi connectivity index (χ3v) is 6.07. The molecule has 0 atom stereocenters. The summed E-state index contributed by atoms with van der Waals surface area (Å²) in [6.07, 6.45) is 1.62. The Morgan fingerprint density at radius 3 is 2.73 bits per heavy atom. The van der Waals surface area contributed by atoms with E-state index in [9.17, 15) is 14.4 Å². The number of fused-ring (bicyclic) bond motifs is 1. The van der Waals surface area contributed by atoms with Crippen molar-refractivity contribution in [2.24, 2.45) is 0 Å². The molecule has 11 heteroatoms. The molecule has 0 spiro atoms. The molecule has 9 nitrogen and oxygen atoms in total. The second-order valence-electron chi connectivity index (χ2n) is 6.90. The maximum absolute atomic E-state index is 12.7. The van der Waals surface area contributed by atoms with E-state index in [4.69, 9.17) is 30.5 Å². The number of rotatable bonds is 7. The minimum atomic E-state index is -0.430. The topological polar surface area (TPSA) is 103 Å². The van der Waals surface area contributed by atoms with Gasteiger partial charge < -0.3 is 24.3 Å². The molecule has 2 aliphatic rings. The fourth-order valence-corrected chi connectivity index (χ4v) is 4.43. The van der Waals surface area contributed by atoms with Gasteiger partial charge in [0.1, 0.15) is 0 Å². The Morgan fingerprint density at radius 1 is 1.18 bits per heavy atom. The van der Waals surface area contributed by atoms with E-state index in [1.54, 1.807) is 24.3 Å². The molecule has 33 heavy (non-hydrogen) atoms. The van der Waals surface area contributed by atoms with Gasteiger partial charge >= 0.3 is 0 Å². The molecule has 2 aromatic rings. The second-order valence-corrected chi connectivity index (χ2v) is 8.30. The van der Waals surface area contributed by atoms with Crippen molar-refractivity contribution in [3.05, 3.63) is 51.4 Å². The van der Waals surface area contributed by atoms with Crippen LogP contribution in [0.4, 0.5) is 4.79 Å². The van der Waals surface area contributed by atoms with Crippen LogP contribution < -0.4 is 24.3 Å². The highest BCUT2D eigenvalue weighted by Crippen LogP contribution is 2.37. The van der Waals surface area contributed by atoms with Gasteiger partial charge in [-0.25, -0.2) is 0 Å². The highest BCUT2D eigenvalue weighted by Gasteiger charge is 2.34. The number of nitrogens with zero attached hydrogens (tertiary/aromatic N) is 1. The number of halogens is 1. The minimum Gasteiger partial charge on any atom is -0.493 e. The van der Waals surface area contributed by atoms with Crippen LogP contribution in [0.2, 0.25) is 5.02 Å². The molecule has 0 bridgehead atoms. The third-order valence-electron chi connectivity index (χ3n) is 4.88. The molecule has 172 valence electrons. The Hall–Kier alpha value is -3.37. The van der Waals surface area contributed by atoms with Crippen molar-refractivity contribution < 1.29 is 33.3 Å². The van der Waals surface area contributed by atoms with Gasteiger partial charge in [-0.1, -0.05) is 17.7 Å². The first-order valence-electron chi connectivity index (χ1n) is 9.76. The Labute approximate surface area is 198 Å². The van der Waals surface area contributed by atoms with Crippen LogP contribution in [0.3, 0.4) is 0 Å². The van der Waals surface area contributed by atoms with Crippen LogP contribution in [0.15, 0.2) is 35.2 Å². The zero-order valence-corrected chi connectivity index (χ0v) is 19.2. The zero-order valence-electron chi connectivity index (χ0n) is 17.7. The van der Waals surface area contributed by atoms with E-state index in [-0.39, 0.29) is 35.4 Å². The quantitative estimate of drug-likeness (QED) is 0.588. The third kappa shape index (κ3) is 4.71. The van der Waals surface area contributed by atoms with Crippen LogP contribution in [0.25, 0.3) is 6.08 Å². The molecule has 0 aliphatic carbocycles. The second kappa shape index (κ2) is 9.63. The number of nitrogens with one attached hydrogen (secondary N) is 1. The predicted octanol–water partition coefficient (Wildman–Crippen LogP) is 3.55. The number of hydrogen-bond acceptors (Lipinski definition) is 8. The van der Waals surface area contributed by atoms with Gasteiger partial charge in [-0.3, -0.25) is 19.3 Å². The molecule has 1 N–H and O–H groups in total. The maximum Gasteiger partial charge on any atom is 0.293 e. The highest BCUT2D eigenvalue weighted by atomic mass is 35.5. The maximum atomic E-state index is 12.7.